The number of nitriles is 1. The molecular formula is C10H19N2O2+. The molecule has 0 saturated carbocycles. The van der Waals surface area contributed by atoms with Crippen LogP contribution in [0.5, 0.6) is 0 Å². The molecule has 1 aliphatic heterocycles. The molecule has 0 atom stereocenters. The molecule has 4 heteroatoms. The van der Waals surface area contributed by atoms with Crippen molar-refractivity contribution in [2.45, 2.75) is 25.7 Å². The number of aliphatic hydroxyl groups is 1. The molecule has 1 saturated heterocycles. The maximum Gasteiger partial charge on any atom is 0.195 e. The van der Waals surface area contributed by atoms with Crippen LogP contribution in [0.3, 0.4) is 0 Å². The van der Waals surface area contributed by atoms with Crippen LogP contribution < -0.4 is 0 Å². The van der Waals surface area contributed by atoms with Crippen molar-refractivity contribution in [1.29, 1.82) is 5.26 Å². The summed E-state index contributed by atoms with van der Waals surface area (Å²) in [5.74, 6) is 0. The predicted molar refractivity (Wildman–Crippen MR) is 52.0 cm³/mol. The molecule has 0 aromatic heterocycles. The molecular weight excluding hydrogens is 180 g/mol. The van der Waals surface area contributed by atoms with Crippen molar-refractivity contribution in [1.82, 2.24) is 0 Å². The smallest absolute Gasteiger partial charge is 0.195 e. The minimum absolute atomic E-state index is 0.159. The van der Waals surface area contributed by atoms with E-state index in [-0.39, 0.29) is 6.61 Å². The Labute approximate surface area is 85.2 Å². The molecule has 14 heavy (non-hydrogen) atoms. The van der Waals surface area contributed by atoms with Crippen LogP contribution in [-0.4, -0.2) is 42.6 Å². The van der Waals surface area contributed by atoms with Crippen molar-refractivity contribution in [3.8, 4) is 6.07 Å². The highest BCUT2D eigenvalue weighted by molar-refractivity contribution is 4.68. The number of likely N-dealkylation sites (tertiary alicyclic amines) is 1. The second kappa shape index (κ2) is 5.97. The van der Waals surface area contributed by atoms with E-state index < -0.39 is 0 Å². The van der Waals surface area contributed by atoms with Crippen molar-refractivity contribution in [3.05, 3.63) is 0 Å². The first-order valence-corrected chi connectivity index (χ1v) is 5.31. The molecule has 0 aromatic carbocycles. The summed E-state index contributed by atoms with van der Waals surface area (Å²) >= 11 is 0. The molecule has 80 valence electrons. The Morgan fingerprint density at radius 2 is 2.00 bits per heavy atom. The van der Waals surface area contributed by atoms with Gasteiger partial charge in [-0.2, -0.15) is 9.91 Å². The summed E-state index contributed by atoms with van der Waals surface area (Å²) < 4.78 is 0.483. The van der Waals surface area contributed by atoms with Crippen molar-refractivity contribution in [3.63, 3.8) is 0 Å². The summed E-state index contributed by atoms with van der Waals surface area (Å²) in [5.41, 5.74) is 0. The summed E-state index contributed by atoms with van der Waals surface area (Å²) in [6.07, 6.45) is 4.18. The number of hydrogen-bond acceptors (Lipinski definition) is 3. The lowest BCUT2D eigenvalue weighted by Gasteiger charge is -2.36. The average Bonchev–Trinajstić information content (AvgIpc) is 2.20. The van der Waals surface area contributed by atoms with Crippen LogP contribution in [0.2, 0.25) is 0 Å². The highest BCUT2D eigenvalue weighted by Crippen LogP contribution is 2.19. The first-order valence-electron chi connectivity index (χ1n) is 5.31. The fourth-order valence-electron chi connectivity index (χ4n) is 1.87. The molecule has 0 amide bonds. The average molecular weight is 199 g/mol. The summed E-state index contributed by atoms with van der Waals surface area (Å²) in [5, 5.41) is 17.4. The zero-order chi connectivity index (χ0) is 10.3. The Hall–Kier alpha value is -0.630. The molecule has 0 bridgehead atoms. The Balaban J connectivity index is 2.39. The van der Waals surface area contributed by atoms with E-state index in [1.165, 1.54) is 6.42 Å². The van der Waals surface area contributed by atoms with Crippen LogP contribution in [0, 0.1) is 11.3 Å². The minimum Gasteiger partial charge on any atom is -0.396 e. The fourth-order valence-corrected chi connectivity index (χ4v) is 1.87. The molecule has 1 heterocycles. The van der Waals surface area contributed by atoms with Crippen LogP contribution in [0.15, 0.2) is 0 Å². The molecule has 0 radical (unpaired) electrons. The van der Waals surface area contributed by atoms with Crippen molar-refractivity contribution < 1.29 is 14.6 Å². The van der Waals surface area contributed by atoms with E-state index in [2.05, 4.69) is 6.07 Å². The highest BCUT2D eigenvalue weighted by atomic mass is 16.7. The predicted octanol–water partition coefficient (Wildman–Crippen LogP) is 0.825. The highest BCUT2D eigenvalue weighted by Gasteiger charge is 2.31. The second-order valence-electron chi connectivity index (χ2n) is 3.79. The maximum atomic E-state index is 8.75. The summed E-state index contributed by atoms with van der Waals surface area (Å²) in [6, 6.07) is 2.19. The topological polar surface area (TPSA) is 53.2 Å². The van der Waals surface area contributed by atoms with Gasteiger partial charge in [-0.3, -0.25) is 0 Å². The lowest BCUT2D eigenvalue weighted by molar-refractivity contribution is -1.10. The van der Waals surface area contributed by atoms with Gasteiger partial charge in [0.05, 0.1) is 0 Å². The zero-order valence-electron chi connectivity index (χ0n) is 8.61. The van der Waals surface area contributed by atoms with Crippen LogP contribution in [0.1, 0.15) is 25.7 Å². The van der Waals surface area contributed by atoms with Gasteiger partial charge in [0.1, 0.15) is 25.8 Å². The lowest BCUT2D eigenvalue weighted by Crippen LogP contribution is -2.51. The van der Waals surface area contributed by atoms with Gasteiger partial charge < -0.3 is 5.11 Å². The van der Waals surface area contributed by atoms with Gasteiger partial charge in [-0.05, 0) is 25.7 Å². The number of nitrogens with zero attached hydrogens (tertiary/aromatic N) is 2. The summed E-state index contributed by atoms with van der Waals surface area (Å²) in [6.45, 7) is 3.04. The van der Waals surface area contributed by atoms with Gasteiger partial charge in [0.2, 0.25) is 0 Å². The SMILES string of the molecule is N#CC[N+]1(OCCCO)CCCCC1. The van der Waals surface area contributed by atoms with Gasteiger partial charge in [-0.1, -0.05) is 0 Å². The zero-order valence-corrected chi connectivity index (χ0v) is 8.61. The van der Waals surface area contributed by atoms with E-state index in [1.54, 1.807) is 0 Å². The Kier molecular flexibility index (Phi) is 4.88. The van der Waals surface area contributed by atoms with Gasteiger partial charge in [-0.25, -0.2) is 4.84 Å². The second-order valence-corrected chi connectivity index (χ2v) is 3.79. The number of aliphatic hydroxyl groups excluding tert-OH is 1. The van der Waals surface area contributed by atoms with Gasteiger partial charge >= 0.3 is 0 Å². The Bertz CT molecular complexity index is 195. The molecule has 1 rings (SSSR count). The van der Waals surface area contributed by atoms with Crippen molar-refractivity contribution in [2.75, 3.05) is 32.8 Å². The van der Waals surface area contributed by atoms with Crippen LogP contribution in [-0.2, 0) is 4.84 Å². The van der Waals surface area contributed by atoms with E-state index in [4.69, 9.17) is 15.2 Å². The Morgan fingerprint density at radius 3 is 2.57 bits per heavy atom. The molecule has 0 unspecified atom stereocenters. The molecule has 0 aliphatic carbocycles. The maximum absolute atomic E-state index is 8.75. The fraction of sp³-hybridized carbons (Fsp3) is 0.900. The van der Waals surface area contributed by atoms with Crippen LogP contribution in [0.25, 0.3) is 0 Å². The monoisotopic (exact) mass is 199 g/mol. The number of rotatable bonds is 5. The normalized spacial score (nSPS) is 20.3. The third-order valence-corrected chi connectivity index (χ3v) is 2.66. The third kappa shape index (κ3) is 3.26. The standard InChI is InChI=1S/C10H19N2O2/c11-5-8-12(14-10-4-9-13)6-2-1-3-7-12/h13H,1-4,6-10H2/q+1. The van der Waals surface area contributed by atoms with Gasteiger partial charge in [-0.15, -0.1) is 0 Å². The number of hydroxylamine groups is 3. The molecule has 0 aromatic rings. The first kappa shape index (κ1) is 11.4. The molecule has 1 aliphatic rings. The lowest BCUT2D eigenvalue weighted by atomic mass is 10.1. The third-order valence-electron chi connectivity index (χ3n) is 2.66. The quantitative estimate of drug-likeness (QED) is 0.405. The van der Waals surface area contributed by atoms with Crippen LogP contribution in [0.4, 0.5) is 0 Å². The van der Waals surface area contributed by atoms with E-state index >= 15 is 0 Å². The molecule has 1 N–H and O–H groups in total. The summed E-state index contributed by atoms with van der Waals surface area (Å²) in [7, 11) is 0. The van der Waals surface area contributed by atoms with E-state index in [9.17, 15) is 0 Å². The van der Waals surface area contributed by atoms with E-state index in [0.717, 1.165) is 25.9 Å². The van der Waals surface area contributed by atoms with Gasteiger partial charge in [0, 0.05) is 6.61 Å². The largest absolute Gasteiger partial charge is 0.396 e. The number of quaternary nitrogens is 1. The molecule has 4 nitrogen and oxygen atoms in total. The molecule has 0 spiro atoms. The number of piperidine rings is 1. The molecule has 1 fully saturated rings. The summed E-state index contributed by atoms with van der Waals surface area (Å²) in [4.78, 5) is 5.71. The van der Waals surface area contributed by atoms with Crippen LogP contribution >= 0.6 is 0 Å². The van der Waals surface area contributed by atoms with E-state index in [0.29, 0.717) is 24.2 Å². The Morgan fingerprint density at radius 1 is 1.29 bits per heavy atom. The van der Waals surface area contributed by atoms with E-state index in [1.807, 2.05) is 0 Å². The van der Waals surface area contributed by atoms with Gasteiger partial charge in [0.25, 0.3) is 0 Å². The number of hydrogen-bond donors (Lipinski definition) is 1. The van der Waals surface area contributed by atoms with Gasteiger partial charge in [0.15, 0.2) is 6.54 Å². The van der Waals surface area contributed by atoms with Crippen molar-refractivity contribution >= 4 is 0 Å². The van der Waals surface area contributed by atoms with Crippen molar-refractivity contribution in [2.24, 2.45) is 0 Å². The first-order chi connectivity index (χ1) is 6.83. The minimum atomic E-state index is 0.159.